The SMILES string of the molecule is CN=C(NCCCOc1ccc(F)cc1)NCc1ccc(N2CCCC2=O)cc1. The number of amides is 1. The zero-order chi connectivity index (χ0) is 20.5. The standard InChI is InChI=1S/C22H27FN4O2/c1-24-22(25-13-3-15-29-20-11-7-18(23)8-12-20)26-16-17-5-9-19(10-6-17)27-14-2-4-21(27)28/h5-12H,2-4,13-16H2,1H3,(H2,24,25,26). The van der Waals surface area contributed by atoms with Gasteiger partial charge in [0.2, 0.25) is 5.91 Å². The number of aliphatic imine (C=N–C) groups is 1. The third-order valence-electron chi connectivity index (χ3n) is 4.70. The first-order valence-corrected chi connectivity index (χ1v) is 9.88. The minimum atomic E-state index is -0.270. The lowest BCUT2D eigenvalue weighted by Crippen LogP contribution is -2.37. The maximum absolute atomic E-state index is 12.9. The average Bonchev–Trinajstić information content (AvgIpc) is 3.17. The Kier molecular flexibility index (Phi) is 7.44. The van der Waals surface area contributed by atoms with Crippen LogP contribution >= 0.6 is 0 Å². The van der Waals surface area contributed by atoms with Crippen LogP contribution < -0.4 is 20.3 Å². The number of rotatable bonds is 8. The molecule has 0 aromatic heterocycles. The molecule has 2 aromatic rings. The Morgan fingerprint density at radius 3 is 2.55 bits per heavy atom. The molecule has 7 heteroatoms. The second-order valence-electron chi connectivity index (χ2n) is 6.82. The fourth-order valence-corrected chi connectivity index (χ4v) is 3.12. The Bertz CT molecular complexity index is 822. The second kappa shape index (κ2) is 10.5. The molecule has 1 heterocycles. The molecule has 0 bridgehead atoms. The van der Waals surface area contributed by atoms with Gasteiger partial charge >= 0.3 is 0 Å². The van der Waals surface area contributed by atoms with Gasteiger partial charge in [0.05, 0.1) is 6.61 Å². The number of nitrogens with one attached hydrogen (secondary N) is 2. The van der Waals surface area contributed by atoms with Crippen LogP contribution in [0.2, 0.25) is 0 Å². The summed E-state index contributed by atoms with van der Waals surface area (Å²) in [4.78, 5) is 17.9. The average molecular weight is 398 g/mol. The van der Waals surface area contributed by atoms with E-state index in [4.69, 9.17) is 4.74 Å². The smallest absolute Gasteiger partial charge is 0.227 e. The minimum absolute atomic E-state index is 0.198. The number of carbonyl (C=O) groups is 1. The monoisotopic (exact) mass is 398 g/mol. The van der Waals surface area contributed by atoms with Crippen LogP contribution in [-0.4, -0.2) is 38.6 Å². The molecule has 2 aromatic carbocycles. The molecule has 2 N–H and O–H groups in total. The lowest BCUT2D eigenvalue weighted by Gasteiger charge is -2.16. The third-order valence-corrected chi connectivity index (χ3v) is 4.70. The molecule has 1 saturated heterocycles. The van der Waals surface area contributed by atoms with Crippen LogP contribution in [0.5, 0.6) is 5.75 Å². The van der Waals surface area contributed by atoms with Crippen molar-refractivity contribution in [1.82, 2.24) is 10.6 Å². The lowest BCUT2D eigenvalue weighted by molar-refractivity contribution is -0.117. The molecule has 1 aliphatic rings. The van der Waals surface area contributed by atoms with E-state index in [1.165, 1.54) is 12.1 Å². The number of hydrogen-bond donors (Lipinski definition) is 2. The van der Waals surface area contributed by atoms with Gasteiger partial charge in [-0.1, -0.05) is 12.1 Å². The van der Waals surface area contributed by atoms with E-state index in [0.29, 0.717) is 37.8 Å². The maximum atomic E-state index is 12.9. The van der Waals surface area contributed by atoms with Crippen molar-refractivity contribution in [2.75, 3.05) is 31.6 Å². The summed E-state index contributed by atoms with van der Waals surface area (Å²) in [5, 5.41) is 6.52. The van der Waals surface area contributed by atoms with Gasteiger partial charge in [-0.15, -0.1) is 0 Å². The number of carbonyl (C=O) groups excluding carboxylic acids is 1. The Hall–Kier alpha value is -3.09. The predicted octanol–water partition coefficient (Wildman–Crippen LogP) is 3.09. The van der Waals surface area contributed by atoms with E-state index in [-0.39, 0.29) is 11.7 Å². The number of nitrogens with zero attached hydrogens (tertiary/aromatic N) is 2. The summed E-state index contributed by atoms with van der Waals surface area (Å²) in [5.74, 6) is 1.30. The van der Waals surface area contributed by atoms with Crippen LogP contribution in [0.15, 0.2) is 53.5 Å². The van der Waals surface area contributed by atoms with E-state index < -0.39 is 0 Å². The highest BCUT2D eigenvalue weighted by Crippen LogP contribution is 2.21. The number of halogens is 1. The molecule has 1 fully saturated rings. The molecule has 0 unspecified atom stereocenters. The summed E-state index contributed by atoms with van der Waals surface area (Å²) in [5.41, 5.74) is 2.07. The van der Waals surface area contributed by atoms with Crippen LogP contribution in [0.3, 0.4) is 0 Å². The van der Waals surface area contributed by atoms with Crippen LogP contribution in [0.4, 0.5) is 10.1 Å². The Morgan fingerprint density at radius 2 is 1.90 bits per heavy atom. The largest absolute Gasteiger partial charge is 0.494 e. The van der Waals surface area contributed by atoms with Crippen molar-refractivity contribution >= 4 is 17.6 Å². The minimum Gasteiger partial charge on any atom is -0.494 e. The first-order valence-electron chi connectivity index (χ1n) is 9.88. The molecule has 0 aliphatic carbocycles. The van der Waals surface area contributed by atoms with Gasteiger partial charge < -0.3 is 20.3 Å². The second-order valence-corrected chi connectivity index (χ2v) is 6.82. The molecule has 3 rings (SSSR count). The topological polar surface area (TPSA) is 66.0 Å². The maximum Gasteiger partial charge on any atom is 0.227 e. The fraction of sp³-hybridized carbons (Fsp3) is 0.364. The molecular weight excluding hydrogens is 371 g/mol. The van der Waals surface area contributed by atoms with Crippen molar-refractivity contribution in [3.63, 3.8) is 0 Å². The van der Waals surface area contributed by atoms with Crippen molar-refractivity contribution < 1.29 is 13.9 Å². The highest BCUT2D eigenvalue weighted by molar-refractivity contribution is 5.95. The van der Waals surface area contributed by atoms with E-state index in [0.717, 1.165) is 30.6 Å². The number of ether oxygens (including phenoxy) is 1. The van der Waals surface area contributed by atoms with Crippen molar-refractivity contribution in [3.05, 3.63) is 59.9 Å². The zero-order valence-corrected chi connectivity index (χ0v) is 16.7. The Balaban J connectivity index is 1.35. The van der Waals surface area contributed by atoms with Gasteiger partial charge in [0.25, 0.3) is 0 Å². The van der Waals surface area contributed by atoms with E-state index in [9.17, 15) is 9.18 Å². The summed E-state index contributed by atoms with van der Waals surface area (Å²) in [6, 6.07) is 14.0. The summed E-state index contributed by atoms with van der Waals surface area (Å²) in [6.07, 6.45) is 2.36. The summed E-state index contributed by atoms with van der Waals surface area (Å²) >= 11 is 0. The van der Waals surface area contributed by atoms with Crippen molar-refractivity contribution in [2.45, 2.75) is 25.8 Å². The Labute approximate surface area is 170 Å². The van der Waals surface area contributed by atoms with Gasteiger partial charge in [-0.3, -0.25) is 9.79 Å². The third kappa shape index (κ3) is 6.20. The first-order chi connectivity index (χ1) is 14.2. The molecule has 0 radical (unpaired) electrons. The lowest BCUT2D eigenvalue weighted by atomic mass is 10.2. The first kappa shape index (κ1) is 20.6. The molecule has 29 heavy (non-hydrogen) atoms. The highest BCUT2D eigenvalue weighted by Gasteiger charge is 2.21. The summed E-state index contributed by atoms with van der Waals surface area (Å²) in [7, 11) is 1.73. The zero-order valence-electron chi connectivity index (χ0n) is 16.7. The van der Waals surface area contributed by atoms with Crippen LogP contribution in [0, 0.1) is 5.82 Å². The van der Waals surface area contributed by atoms with Gasteiger partial charge in [-0.05, 0) is 54.8 Å². The molecule has 1 amide bonds. The molecule has 0 spiro atoms. The van der Waals surface area contributed by atoms with E-state index >= 15 is 0 Å². The summed E-state index contributed by atoms with van der Waals surface area (Å²) < 4.78 is 18.4. The number of guanidine groups is 1. The van der Waals surface area contributed by atoms with Gasteiger partial charge in [0, 0.05) is 38.8 Å². The molecular formula is C22H27FN4O2. The molecule has 0 saturated carbocycles. The Morgan fingerprint density at radius 1 is 1.14 bits per heavy atom. The normalized spacial score (nSPS) is 14.2. The van der Waals surface area contributed by atoms with Gasteiger partial charge in [0.1, 0.15) is 11.6 Å². The van der Waals surface area contributed by atoms with Crippen LogP contribution in [0.1, 0.15) is 24.8 Å². The highest BCUT2D eigenvalue weighted by atomic mass is 19.1. The van der Waals surface area contributed by atoms with Crippen molar-refractivity contribution in [3.8, 4) is 5.75 Å². The number of hydrogen-bond acceptors (Lipinski definition) is 3. The molecule has 0 atom stereocenters. The van der Waals surface area contributed by atoms with Crippen molar-refractivity contribution in [1.29, 1.82) is 0 Å². The van der Waals surface area contributed by atoms with E-state index in [1.54, 1.807) is 19.2 Å². The predicted molar refractivity (Wildman–Crippen MR) is 113 cm³/mol. The van der Waals surface area contributed by atoms with Crippen molar-refractivity contribution in [2.24, 2.45) is 4.99 Å². The summed E-state index contributed by atoms with van der Waals surface area (Å²) in [6.45, 7) is 2.68. The molecule has 154 valence electrons. The van der Waals surface area contributed by atoms with E-state index in [2.05, 4.69) is 15.6 Å². The fourth-order valence-electron chi connectivity index (χ4n) is 3.12. The number of benzene rings is 2. The quantitative estimate of drug-likeness (QED) is 0.407. The van der Waals surface area contributed by atoms with Crippen LogP contribution in [-0.2, 0) is 11.3 Å². The number of anilines is 1. The molecule has 6 nitrogen and oxygen atoms in total. The van der Waals surface area contributed by atoms with Gasteiger partial charge in [-0.2, -0.15) is 0 Å². The van der Waals surface area contributed by atoms with Gasteiger partial charge in [0.15, 0.2) is 5.96 Å². The molecule has 1 aliphatic heterocycles. The van der Waals surface area contributed by atoms with Gasteiger partial charge in [-0.25, -0.2) is 4.39 Å². The van der Waals surface area contributed by atoms with Crippen LogP contribution in [0.25, 0.3) is 0 Å². The van der Waals surface area contributed by atoms with E-state index in [1.807, 2.05) is 29.2 Å².